The molecular weight excluding hydrogens is 286 g/mol. The summed E-state index contributed by atoms with van der Waals surface area (Å²) in [7, 11) is 0. The SMILES string of the molecule is CCN(CC)Cc1cccc(NC(=O)Cc2cccc(N)c2)c1. The molecule has 0 aliphatic rings. The van der Waals surface area contributed by atoms with Gasteiger partial charge in [-0.05, 0) is 48.5 Å². The lowest BCUT2D eigenvalue weighted by atomic mass is 10.1. The molecule has 0 unspecified atom stereocenters. The first kappa shape index (κ1) is 17.0. The van der Waals surface area contributed by atoms with Gasteiger partial charge in [0.25, 0.3) is 0 Å². The molecule has 0 fully saturated rings. The number of nitrogen functional groups attached to an aromatic ring is 1. The van der Waals surface area contributed by atoms with Gasteiger partial charge in [-0.15, -0.1) is 0 Å². The molecule has 4 heteroatoms. The Balaban J connectivity index is 1.98. The van der Waals surface area contributed by atoms with Crippen molar-refractivity contribution in [3.63, 3.8) is 0 Å². The summed E-state index contributed by atoms with van der Waals surface area (Å²) in [6.07, 6.45) is 0.325. The van der Waals surface area contributed by atoms with Crippen molar-refractivity contribution in [3.05, 3.63) is 59.7 Å². The van der Waals surface area contributed by atoms with Crippen molar-refractivity contribution in [1.82, 2.24) is 4.90 Å². The summed E-state index contributed by atoms with van der Waals surface area (Å²) < 4.78 is 0. The van der Waals surface area contributed by atoms with Crippen molar-refractivity contribution in [3.8, 4) is 0 Å². The second kappa shape index (κ2) is 8.34. The smallest absolute Gasteiger partial charge is 0.228 e. The molecule has 2 rings (SSSR count). The average molecular weight is 311 g/mol. The third-order valence-electron chi connectivity index (χ3n) is 3.83. The number of nitrogens with two attached hydrogens (primary N) is 1. The van der Waals surface area contributed by atoms with E-state index in [1.54, 1.807) is 0 Å². The lowest BCUT2D eigenvalue weighted by Crippen LogP contribution is -2.22. The number of benzene rings is 2. The fourth-order valence-corrected chi connectivity index (χ4v) is 2.55. The number of carbonyl (C=O) groups excluding carboxylic acids is 1. The van der Waals surface area contributed by atoms with E-state index in [9.17, 15) is 4.79 Å². The molecule has 0 spiro atoms. The van der Waals surface area contributed by atoms with Gasteiger partial charge >= 0.3 is 0 Å². The summed E-state index contributed by atoms with van der Waals surface area (Å²) in [6, 6.07) is 15.4. The lowest BCUT2D eigenvalue weighted by Gasteiger charge is -2.18. The zero-order valence-corrected chi connectivity index (χ0v) is 13.9. The van der Waals surface area contributed by atoms with Crippen LogP contribution in [0.1, 0.15) is 25.0 Å². The van der Waals surface area contributed by atoms with Gasteiger partial charge in [-0.25, -0.2) is 0 Å². The molecule has 0 aromatic heterocycles. The predicted octanol–water partition coefficient (Wildman–Crippen LogP) is 3.29. The van der Waals surface area contributed by atoms with E-state index in [2.05, 4.69) is 30.1 Å². The summed E-state index contributed by atoms with van der Waals surface area (Å²) >= 11 is 0. The summed E-state index contributed by atoms with van der Waals surface area (Å²) in [5, 5.41) is 2.96. The molecule has 2 aromatic carbocycles. The molecule has 0 aliphatic heterocycles. The van der Waals surface area contributed by atoms with Gasteiger partial charge < -0.3 is 11.1 Å². The van der Waals surface area contributed by atoms with Gasteiger partial charge in [-0.2, -0.15) is 0 Å². The summed E-state index contributed by atoms with van der Waals surface area (Å²) in [6.45, 7) is 7.23. The molecule has 0 radical (unpaired) electrons. The number of anilines is 2. The zero-order valence-electron chi connectivity index (χ0n) is 13.9. The molecule has 23 heavy (non-hydrogen) atoms. The fourth-order valence-electron chi connectivity index (χ4n) is 2.55. The van der Waals surface area contributed by atoms with Gasteiger partial charge in [0.05, 0.1) is 6.42 Å². The van der Waals surface area contributed by atoms with E-state index < -0.39 is 0 Å². The third kappa shape index (κ3) is 5.42. The zero-order chi connectivity index (χ0) is 16.7. The number of nitrogens with one attached hydrogen (secondary N) is 1. The highest BCUT2D eigenvalue weighted by Gasteiger charge is 2.06. The highest BCUT2D eigenvalue weighted by Crippen LogP contribution is 2.14. The first-order valence-electron chi connectivity index (χ1n) is 8.06. The highest BCUT2D eigenvalue weighted by molar-refractivity contribution is 5.92. The maximum atomic E-state index is 12.2. The molecule has 4 nitrogen and oxygen atoms in total. The second-order valence-electron chi connectivity index (χ2n) is 5.63. The summed E-state index contributed by atoms with van der Waals surface area (Å²) in [5.41, 5.74) is 9.38. The van der Waals surface area contributed by atoms with Crippen molar-refractivity contribution in [2.45, 2.75) is 26.8 Å². The van der Waals surface area contributed by atoms with Crippen LogP contribution >= 0.6 is 0 Å². The molecule has 3 N–H and O–H groups in total. The highest BCUT2D eigenvalue weighted by atomic mass is 16.1. The standard InChI is InChI=1S/C19H25N3O/c1-3-22(4-2)14-16-8-6-10-18(12-16)21-19(23)13-15-7-5-9-17(20)11-15/h5-12H,3-4,13-14,20H2,1-2H3,(H,21,23). The van der Waals surface area contributed by atoms with Gasteiger partial charge in [0, 0.05) is 17.9 Å². The summed E-state index contributed by atoms with van der Waals surface area (Å²) in [4.78, 5) is 14.5. The molecular formula is C19H25N3O. The molecule has 1 amide bonds. The minimum Gasteiger partial charge on any atom is -0.399 e. The topological polar surface area (TPSA) is 58.4 Å². The average Bonchev–Trinajstić information content (AvgIpc) is 2.53. The van der Waals surface area contributed by atoms with E-state index in [1.807, 2.05) is 42.5 Å². The number of nitrogens with zero attached hydrogens (tertiary/aromatic N) is 1. The first-order valence-corrected chi connectivity index (χ1v) is 8.06. The van der Waals surface area contributed by atoms with Crippen LogP contribution in [0.3, 0.4) is 0 Å². The van der Waals surface area contributed by atoms with Crippen molar-refractivity contribution < 1.29 is 4.79 Å². The predicted molar refractivity (Wildman–Crippen MR) is 96.3 cm³/mol. The van der Waals surface area contributed by atoms with Gasteiger partial charge in [0.2, 0.25) is 5.91 Å². The molecule has 0 aliphatic carbocycles. The first-order chi connectivity index (χ1) is 11.1. The number of rotatable bonds is 7. The number of carbonyl (C=O) groups is 1. The largest absolute Gasteiger partial charge is 0.399 e. The Labute approximate surface area is 138 Å². The van der Waals surface area contributed by atoms with Crippen LogP contribution in [-0.4, -0.2) is 23.9 Å². The number of hydrogen-bond donors (Lipinski definition) is 2. The van der Waals surface area contributed by atoms with Crippen LogP contribution in [0, 0.1) is 0 Å². The number of amides is 1. The Morgan fingerprint density at radius 2 is 1.74 bits per heavy atom. The van der Waals surface area contributed by atoms with Crippen molar-refractivity contribution in [2.75, 3.05) is 24.1 Å². The van der Waals surface area contributed by atoms with Crippen LogP contribution in [0.4, 0.5) is 11.4 Å². The minimum absolute atomic E-state index is 0.0319. The van der Waals surface area contributed by atoms with Gasteiger partial charge in [0.1, 0.15) is 0 Å². The van der Waals surface area contributed by atoms with Crippen LogP contribution in [0.15, 0.2) is 48.5 Å². The second-order valence-corrected chi connectivity index (χ2v) is 5.63. The van der Waals surface area contributed by atoms with E-state index in [-0.39, 0.29) is 5.91 Å². The Morgan fingerprint density at radius 1 is 1.04 bits per heavy atom. The molecule has 0 atom stereocenters. The van der Waals surface area contributed by atoms with Crippen molar-refractivity contribution in [1.29, 1.82) is 0 Å². The van der Waals surface area contributed by atoms with Crippen molar-refractivity contribution >= 4 is 17.3 Å². The molecule has 0 saturated heterocycles. The van der Waals surface area contributed by atoms with Gasteiger partial charge in [0.15, 0.2) is 0 Å². The Hall–Kier alpha value is -2.33. The normalized spacial score (nSPS) is 10.7. The Kier molecular flexibility index (Phi) is 6.18. The monoisotopic (exact) mass is 311 g/mol. The molecule has 2 aromatic rings. The number of hydrogen-bond acceptors (Lipinski definition) is 3. The fraction of sp³-hybridized carbons (Fsp3) is 0.316. The van der Waals surface area contributed by atoms with Crippen LogP contribution in [0.2, 0.25) is 0 Å². The lowest BCUT2D eigenvalue weighted by molar-refractivity contribution is -0.115. The minimum atomic E-state index is -0.0319. The molecule has 0 saturated carbocycles. The van der Waals surface area contributed by atoms with Gasteiger partial charge in [-0.1, -0.05) is 38.1 Å². The Morgan fingerprint density at radius 3 is 2.43 bits per heavy atom. The molecule has 122 valence electrons. The van der Waals surface area contributed by atoms with Gasteiger partial charge in [-0.3, -0.25) is 9.69 Å². The van der Waals surface area contributed by atoms with E-state index in [0.29, 0.717) is 12.1 Å². The molecule has 0 bridgehead atoms. The van der Waals surface area contributed by atoms with Crippen LogP contribution in [-0.2, 0) is 17.8 Å². The van der Waals surface area contributed by atoms with E-state index in [1.165, 1.54) is 5.56 Å². The third-order valence-corrected chi connectivity index (χ3v) is 3.83. The van der Waals surface area contributed by atoms with Crippen molar-refractivity contribution in [2.24, 2.45) is 0 Å². The maximum Gasteiger partial charge on any atom is 0.228 e. The van der Waals surface area contributed by atoms with E-state index >= 15 is 0 Å². The quantitative estimate of drug-likeness (QED) is 0.771. The summed E-state index contributed by atoms with van der Waals surface area (Å²) in [5.74, 6) is -0.0319. The Bertz CT molecular complexity index is 651. The molecule has 0 heterocycles. The van der Waals surface area contributed by atoms with Crippen LogP contribution in [0.25, 0.3) is 0 Å². The van der Waals surface area contributed by atoms with E-state index in [4.69, 9.17) is 5.73 Å². The van der Waals surface area contributed by atoms with E-state index in [0.717, 1.165) is 30.9 Å². The maximum absolute atomic E-state index is 12.2. The van der Waals surface area contributed by atoms with Crippen LogP contribution < -0.4 is 11.1 Å². The van der Waals surface area contributed by atoms with Crippen LogP contribution in [0.5, 0.6) is 0 Å².